The lowest BCUT2D eigenvalue weighted by atomic mass is 9.98. The first kappa shape index (κ1) is 20.7. The predicted octanol–water partition coefficient (Wildman–Crippen LogP) is 3.80. The van der Waals surface area contributed by atoms with E-state index < -0.39 is 29.0 Å². The summed E-state index contributed by atoms with van der Waals surface area (Å²) in [5.41, 5.74) is 0.00464. The number of benzene rings is 1. The van der Waals surface area contributed by atoms with Crippen LogP contribution in [0.1, 0.15) is 46.6 Å². The van der Waals surface area contributed by atoms with Crippen molar-refractivity contribution in [2.45, 2.75) is 27.5 Å². The monoisotopic (exact) mass is 418 g/mol. The average Bonchev–Trinajstić information content (AvgIpc) is 3.29. The average molecular weight is 418 g/mol. The van der Waals surface area contributed by atoms with E-state index in [4.69, 9.17) is 4.74 Å². The maximum atomic E-state index is 13.8. The second-order valence-electron chi connectivity index (χ2n) is 7.34. The van der Waals surface area contributed by atoms with Crippen LogP contribution in [0.2, 0.25) is 0 Å². The van der Waals surface area contributed by atoms with Crippen molar-refractivity contribution in [3.63, 3.8) is 0 Å². The first-order valence-electron chi connectivity index (χ1n) is 8.66. The van der Waals surface area contributed by atoms with Gasteiger partial charge in [-0.1, -0.05) is 0 Å². The summed E-state index contributed by atoms with van der Waals surface area (Å²) in [7, 11) is 1.23. The van der Waals surface area contributed by atoms with Crippen LogP contribution in [0.4, 0.5) is 4.39 Å². The van der Waals surface area contributed by atoms with Gasteiger partial charge in [0.1, 0.15) is 5.82 Å². The van der Waals surface area contributed by atoms with Crippen LogP contribution < -0.4 is 0 Å². The molecule has 0 aliphatic rings. The van der Waals surface area contributed by atoms with Gasteiger partial charge in [-0.3, -0.25) is 9.59 Å². The molecule has 29 heavy (non-hydrogen) atoms. The summed E-state index contributed by atoms with van der Waals surface area (Å²) in [6.07, 6.45) is 1.49. The zero-order valence-electron chi connectivity index (χ0n) is 16.3. The molecular formula is C20H19FN2O5S. The Bertz CT molecular complexity index is 1110. The number of hydrogen-bond donors (Lipinski definition) is 0. The number of fused-ring (bicyclic) bond motifs is 1. The van der Waals surface area contributed by atoms with E-state index in [9.17, 15) is 18.8 Å². The van der Waals surface area contributed by atoms with Crippen LogP contribution in [0.25, 0.3) is 10.9 Å². The van der Waals surface area contributed by atoms with Crippen molar-refractivity contribution >= 4 is 40.0 Å². The summed E-state index contributed by atoms with van der Waals surface area (Å²) in [5, 5.41) is 2.02. The largest absolute Gasteiger partial charge is 0.464 e. The van der Waals surface area contributed by atoms with Crippen LogP contribution in [0.3, 0.4) is 0 Å². The van der Waals surface area contributed by atoms with E-state index in [1.54, 1.807) is 20.8 Å². The Kier molecular flexibility index (Phi) is 5.52. The molecule has 0 unspecified atom stereocenters. The van der Waals surface area contributed by atoms with Crippen molar-refractivity contribution in [1.29, 1.82) is 0 Å². The summed E-state index contributed by atoms with van der Waals surface area (Å²) in [4.78, 5) is 40.6. The van der Waals surface area contributed by atoms with E-state index in [0.29, 0.717) is 10.9 Å². The second kappa shape index (κ2) is 7.75. The highest BCUT2D eigenvalue weighted by atomic mass is 32.1. The molecular weight excluding hydrogens is 399 g/mol. The Morgan fingerprint density at radius 1 is 1.24 bits per heavy atom. The number of rotatable bonds is 5. The van der Waals surface area contributed by atoms with E-state index in [2.05, 4.69) is 9.72 Å². The molecule has 7 nitrogen and oxygen atoms in total. The molecule has 2 heterocycles. The van der Waals surface area contributed by atoms with Gasteiger partial charge >= 0.3 is 11.9 Å². The lowest BCUT2D eigenvalue weighted by Crippen LogP contribution is -2.23. The molecule has 3 rings (SSSR count). The van der Waals surface area contributed by atoms with Gasteiger partial charge in [-0.2, -0.15) is 0 Å². The highest BCUT2D eigenvalue weighted by Gasteiger charge is 2.25. The number of thiazole rings is 1. The number of carbonyl (C=O) groups is 3. The van der Waals surface area contributed by atoms with Crippen LogP contribution in [0, 0.1) is 11.2 Å². The third kappa shape index (κ3) is 4.19. The minimum atomic E-state index is -0.696. The fraction of sp³-hybridized carbons (Fsp3) is 0.300. The number of esters is 2. The van der Waals surface area contributed by atoms with Gasteiger partial charge < -0.3 is 14.0 Å². The summed E-state index contributed by atoms with van der Waals surface area (Å²) < 4.78 is 25.2. The molecule has 2 aromatic heterocycles. The highest BCUT2D eigenvalue weighted by molar-refractivity contribution is 7.12. The van der Waals surface area contributed by atoms with Crippen molar-refractivity contribution < 1.29 is 28.2 Å². The third-order valence-electron chi connectivity index (χ3n) is 4.13. The van der Waals surface area contributed by atoms with E-state index in [-0.39, 0.29) is 23.0 Å². The number of methoxy groups -OCH3 is 1. The molecule has 0 atom stereocenters. The minimum absolute atomic E-state index is 0.0368. The number of halogens is 1. The molecule has 0 saturated carbocycles. The van der Waals surface area contributed by atoms with Gasteiger partial charge in [-0.15, -0.1) is 11.3 Å². The summed E-state index contributed by atoms with van der Waals surface area (Å²) in [6, 6.07) is 3.99. The maximum Gasteiger partial charge on any atom is 0.357 e. The van der Waals surface area contributed by atoms with Crippen LogP contribution in [-0.4, -0.2) is 34.4 Å². The van der Waals surface area contributed by atoms with Crippen LogP contribution in [0.5, 0.6) is 0 Å². The van der Waals surface area contributed by atoms with E-state index in [1.807, 2.05) is 0 Å². The quantitative estimate of drug-likeness (QED) is 0.463. The van der Waals surface area contributed by atoms with Crippen molar-refractivity contribution in [3.8, 4) is 0 Å². The Hall–Kier alpha value is -3.07. The number of hydrogen-bond acceptors (Lipinski definition) is 7. The molecule has 3 aromatic rings. The first-order chi connectivity index (χ1) is 13.6. The minimum Gasteiger partial charge on any atom is -0.464 e. The number of nitrogens with zero attached hydrogens (tertiary/aromatic N) is 2. The summed E-state index contributed by atoms with van der Waals surface area (Å²) in [6.45, 7) is 4.99. The summed E-state index contributed by atoms with van der Waals surface area (Å²) >= 11 is 1.01. The standard InChI is InChI=1S/C20H19FN2O5S/c1-20(2,3)19(26)28-10-23-8-13(12-6-5-11(21)7-15(12)23)16(24)17-22-14(9-29-17)18(25)27-4/h5-9H,10H2,1-4H3. The van der Waals surface area contributed by atoms with E-state index >= 15 is 0 Å². The lowest BCUT2D eigenvalue weighted by Gasteiger charge is -2.17. The molecule has 1 aromatic carbocycles. The Labute approximate surface area is 170 Å². The molecule has 152 valence electrons. The topological polar surface area (TPSA) is 87.5 Å². The molecule has 0 radical (unpaired) electrons. The van der Waals surface area contributed by atoms with Crippen LogP contribution in [-0.2, 0) is 21.0 Å². The van der Waals surface area contributed by atoms with Gasteiger partial charge in [0.15, 0.2) is 17.4 Å². The second-order valence-corrected chi connectivity index (χ2v) is 8.20. The van der Waals surface area contributed by atoms with Crippen molar-refractivity contribution in [3.05, 3.63) is 51.9 Å². The normalized spacial score (nSPS) is 11.5. The van der Waals surface area contributed by atoms with E-state index in [1.165, 1.54) is 41.5 Å². The molecule has 0 N–H and O–H groups in total. The molecule has 0 fully saturated rings. The number of ether oxygens (including phenoxy) is 2. The Balaban J connectivity index is 1.98. The van der Waals surface area contributed by atoms with Gasteiger partial charge in [0.2, 0.25) is 5.78 Å². The lowest BCUT2D eigenvalue weighted by molar-refractivity contribution is -0.156. The molecule has 0 saturated heterocycles. The number of carbonyl (C=O) groups excluding carboxylic acids is 3. The Morgan fingerprint density at radius 3 is 2.62 bits per heavy atom. The van der Waals surface area contributed by atoms with Crippen LogP contribution >= 0.6 is 11.3 Å². The summed E-state index contributed by atoms with van der Waals surface area (Å²) in [5.74, 6) is -1.98. The van der Waals surface area contributed by atoms with Gasteiger partial charge in [0.05, 0.1) is 23.6 Å². The van der Waals surface area contributed by atoms with Gasteiger partial charge in [0, 0.05) is 17.0 Å². The number of aromatic nitrogens is 2. The fourth-order valence-electron chi connectivity index (χ4n) is 2.59. The first-order valence-corrected chi connectivity index (χ1v) is 9.54. The van der Waals surface area contributed by atoms with Gasteiger partial charge in [0.25, 0.3) is 0 Å². The van der Waals surface area contributed by atoms with Crippen molar-refractivity contribution in [2.75, 3.05) is 7.11 Å². The molecule has 9 heteroatoms. The fourth-order valence-corrected chi connectivity index (χ4v) is 3.33. The molecule has 0 aliphatic carbocycles. The highest BCUT2D eigenvalue weighted by Crippen LogP contribution is 2.27. The zero-order valence-corrected chi connectivity index (χ0v) is 17.1. The third-order valence-corrected chi connectivity index (χ3v) is 4.97. The van der Waals surface area contributed by atoms with Crippen LogP contribution in [0.15, 0.2) is 29.8 Å². The van der Waals surface area contributed by atoms with Crippen molar-refractivity contribution in [1.82, 2.24) is 9.55 Å². The molecule has 0 amide bonds. The van der Waals surface area contributed by atoms with E-state index in [0.717, 1.165) is 11.3 Å². The van der Waals surface area contributed by atoms with Gasteiger partial charge in [-0.25, -0.2) is 14.2 Å². The zero-order chi connectivity index (χ0) is 21.3. The molecule has 0 spiro atoms. The molecule has 0 aliphatic heterocycles. The number of ketones is 1. The Morgan fingerprint density at radius 2 is 1.97 bits per heavy atom. The predicted molar refractivity (Wildman–Crippen MR) is 104 cm³/mol. The van der Waals surface area contributed by atoms with Gasteiger partial charge in [-0.05, 0) is 39.0 Å². The SMILES string of the molecule is COC(=O)c1csc(C(=O)c2cn(COC(=O)C(C)(C)C)c3cc(F)ccc23)n1. The smallest absolute Gasteiger partial charge is 0.357 e. The van der Waals surface area contributed by atoms with Crippen molar-refractivity contribution in [2.24, 2.45) is 5.41 Å². The molecule has 0 bridgehead atoms. The maximum absolute atomic E-state index is 13.8.